The number of anilines is 1. The van der Waals surface area contributed by atoms with Crippen molar-refractivity contribution in [2.45, 2.75) is 25.8 Å². The van der Waals surface area contributed by atoms with Crippen molar-refractivity contribution in [1.82, 2.24) is 14.9 Å². The lowest BCUT2D eigenvalue weighted by Gasteiger charge is -2.22. The number of nitrogens with one attached hydrogen (secondary N) is 1. The van der Waals surface area contributed by atoms with E-state index in [0.717, 1.165) is 19.4 Å². The second-order valence-corrected chi connectivity index (χ2v) is 4.30. The fraction of sp³-hybridized carbons (Fsp3) is 0.583. The van der Waals surface area contributed by atoms with Gasteiger partial charge < -0.3 is 15.3 Å². The van der Waals surface area contributed by atoms with Gasteiger partial charge in [-0.15, -0.1) is 0 Å². The lowest BCUT2D eigenvalue weighted by molar-refractivity contribution is 0.0671. The molecule has 0 spiro atoms. The van der Waals surface area contributed by atoms with Crippen molar-refractivity contribution in [1.29, 1.82) is 0 Å². The molecule has 0 saturated carbocycles. The first-order valence-corrected chi connectivity index (χ1v) is 6.24. The van der Waals surface area contributed by atoms with Crippen LogP contribution in [0.5, 0.6) is 0 Å². The van der Waals surface area contributed by atoms with Gasteiger partial charge in [-0.3, -0.25) is 9.78 Å². The third kappa shape index (κ3) is 2.59. The molecule has 2 rings (SSSR count). The molecule has 98 valence electrons. The number of aliphatic hydroxyl groups is 1. The number of aromatic nitrogens is 2. The Morgan fingerprint density at radius 1 is 1.61 bits per heavy atom. The predicted molar refractivity (Wildman–Crippen MR) is 67.3 cm³/mol. The van der Waals surface area contributed by atoms with E-state index in [9.17, 15) is 9.90 Å². The number of likely N-dealkylation sites (tertiary alicyclic amines) is 1. The van der Waals surface area contributed by atoms with Gasteiger partial charge in [-0.1, -0.05) is 0 Å². The highest BCUT2D eigenvalue weighted by molar-refractivity contribution is 5.92. The van der Waals surface area contributed by atoms with E-state index in [1.54, 1.807) is 11.1 Å². The summed E-state index contributed by atoms with van der Waals surface area (Å²) in [7, 11) is 0. The van der Waals surface area contributed by atoms with Crippen LogP contribution in [-0.4, -0.2) is 51.6 Å². The maximum atomic E-state index is 12.3. The summed E-state index contributed by atoms with van der Waals surface area (Å²) in [5.41, 5.74) is 0.328. The molecule has 1 unspecified atom stereocenters. The van der Waals surface area contributed by atoms with E-state index >= 15 is 0 Å². The van der Waals surface area contributed by atoms with E-state index in [1.165, 1.54) is 6.20 Å². The number of nitrogens with zero attached hydrogens (tertiary/aromatic N) is 3. The van der Waals surface area contributed by atoms with Crippen LogP contribution in [0.25, 0.3) is 0 Å². The maximum Gasteiger partial charge on any atom is 0.274 e. The topological polar surface area (TPSA) is 78.4 Å². The predicted octanol–water partition coefficient (Wildman–Crippen LogP) is 0.505. The molecule has 1 aromatic heterocycles. The molecule has 0 aliphatic carbocycles. The van der Waals surface area contributed by atoms with Gasteiger partial charge in [-0.25, -0.2) is 4.98 Å². The zero-order valence-corrected chi connectivity index (χ0v) is 10.5. The van der Waals surface area contributed by atoms with Gasteiger partial charge in [0.15, 0.2) is 0 Å². The largest absolute Gasteiger partial charge is 0.394 e. The Kier molecular flexibility index (Phi) is 4.09. The van der Waals surface area contributed by atoms with Crippen LogP contribution in [0, 0.1) is 0 Å². The molecule has 2 heterocycles. The van der Waals surface area contributed by atoms with Crippen LogP contribution >= 0.6 is 0 Å². The number of hydrogen-bond acceptors (Lipinski definition) is 5. The number of aliphatic hydroxyl groups excluding tert-OH is 1. The van der Waals surface area contributed by atoms with Crippen LogP contribution in [0.15, 0.2) is 12.4 Å². The quantitative estimate of drug-likeness (QED) is 0.814. The second kappa shape index (κ2) is 5.77. The third-order valence-corrected chi connectivity index (χ3v) is 3.06. The van der Waals surface area contributed by atoms with Gasteiger partial charge in [0.1, 0.15) is 11.5 Å². The first-order valence-electron chi connectivity index (χ1n) is 6.24. The number of carbonyl (C=O) groups is 1. The van der Waals surface area contributed by atoms with E-state index in [-0.39, 0.29) is 18.6 Å². The van der Waals surface area contributed by atoms with Crippen LogP contribution in [-0.2, 0) is 0 Å². The molecule has 1 aliphatic heterocycles. The van der Waals surface area contributed by atoms with Crippen LogP contribution in [0.4, 0.5) is 5.82 Å². The lowest BCUT2D eigenvalue weighted by atomic mass is 10.2. The SMILES string of the molecule is CCNc1cncc(C(=O)N2CCCC2CO)n1. The number of hydrogen-bond donors (Lipinski definition) is 2. The Labute approximate surface area is 106 Å². The molecule has 0 radical (unpaired) electrons. The molecule has 1 fully saturated rings. The molecule has 18 heavy (non-hydrogen) atoms. The van der Waals surface area contributed by atoms with Crippen LogP contribution < -0.4 is 5.32 Å². The van der Waals surface area contributed by atoms with Crippen molar-refractivity contribution in [2.75, 3.05) is 25.0 Å². The first-order chi connectivity index (χ1) is 8.76. The van der Waals surface area contributed by atoms with Gasteiger partial charge in [0.05, 0.1) is 25.0 Å². The number of amides is 1. The average Bonchev–Trinajstić information content (AvgIpc) is 2.87. The van der Waals surface area contributed by atoms with Gasteiger partial charge in [0.2, 0.25) is 0 Å². The average molecular weight is 250 g/mol. The highest BCUT2D eigenvalue weighted by Gasteiger charge is 2.29. The van der Waals surface area contributed by atoms with Crippen molar-refractivity contribution >= 4 is 11.7 Å². The second-order valence-electron chi connectivity index (χ2n) is 4.30. The van der Waals surface area contributed by atoms with Crippen LogP contribution in [0.2, 0.25) is 0 Å². The summed E-state index contributed by atoms with van der Waals surface area (Å²) in [5, 5.41) is 12.3. The monoisotopic (exact) mass is 250 g/mol. The fourth-order valence-electron chi connectivity index (χ4n) is 2.18. The molecule has 6 heteroatoms. The van der Waals surface area contributed by atoms with Gasteiger partial charge in [0, 0.05) is 13.1 Å². The molecule has 1 saturated heterocycles. The van der Waals surface area contributed by atoms with Gasteiger partial charge in [-0.2, -0.15) is 0 Å². The van der Waals surface area contributed by atoms with E-state index in [2.05, 4.69) is 15.3 Å². The Hall–Kier alpha value is -1.69. The molecule has 0 aromatic carbocycles. The fourth-order valence-corrected chi connectivity index (χ4v) is 2.18. The summed E-state index contributed by atoms with van der Waals surface area (Å²) >= 11 is 0. The minimum absolute atomic E-state index is 0.00602. The van der Waals surface area contributed by atoms with Crippen molar-refractivity contribution in [3.63, 3.8) is 0 Å². The minimum Gasteiger partial charge on any atom is -0.394 e. The molecule has 1 atom stereocenters. The zero-order valence-electron chi connectivity index (χ0n) is 10.5. The van der Waals surface area contributed by atoms with Crippen LogP contribution in [0.3, 0.4) is 0 Å². The normalized spacial score (nSPS) is 19.0. The van der Waals surface area contributed by atoms with Crippen LogP contribution in [0.1, 0.15) is 30.3 Å². The highest BCUT2D eigenvalue weighted by atomic mass is 16.3. The Balaban J connectivity index is 2.15. The molecule has 6 nitrogen and oxygen atoms in total. The Morgan fingerprint density at radius 2 is 2.44 bits per heavy atom. The lowest BCUT2D eigenvalue weighted by Crippen LogP contribution is -2.38. The Morgan fingerprint density at radius 3 is 3.17 bits per heavy atom. The Bertz CT molecular complexity index is 424. The summed E-state index contributed by atoms with van der Waals surface area (Å²) in [6.45, 7) is 3.37. The van der Waals surface area contributed by atoms with Crippen molar-refractivity contribution in [3.8, 4) is 0 Å². The molecule has 1 aliphatic rings. The molecule has 0 bridgehead atoms. The van der Waals surface area contributed by atoms with E-state index in [4.69, 9.17) is 0 Å². The first kappa shape index (κ1) is 12.8. The van der Waals surface area contributed by atoms with E-state index < -0.39 is 0 Å². The molecule has 2 N–H and O–H groups in total. The summed E-state index contributed by atoms with van der Waals surface area (Å²) in [5.74, 6) is 0.446. The van der Waals surface area contributed by atoms with Gasteiger partial charge in [-0.05, 0) is 19.8 Å². The summed E-state index contributed by atoms with van der Waals surface area (Å²) < 4.78 is 0. The van der Waals surface area contributed by atoms with Crippen molar-refractivity contribution in [3.05, 3.63) is 18.1 Å². The number of carbonyl (C=O) groups excluding carboxylic acids is 1. The van der Waals surface area contributed by atoms with E-state index in [1.807, 2.05) is 6.92 Å². The summed E-state index contributed by atoms with van der Waals surface area (Å²) in [6, 6.07) is -0.0814. The number of rotatable bonds is 4. The van der Waals surface area contributed by atoms with Crippen molar-refractivity contribution < 1.29 is 9.90 Å². The van der Waals surface area contributed by atoms with Gasteiger partial charge >= 0.3 is 0 Å². The molecule has 1 aromatic rings. The summed E-state index contributed by atoms with van der Waals surface area (Å²) in [6.07, 6.45) is 4.84. The van der Waals surface area contributed by atoms with E-state index in [0.29, 0.717) is 18.1 Å². The highest BCUT2D eigenvalue weighted by Crippen LogP contribution is 2.19. The maximum absolute atomic E-state index is 12.3. The smallest absolute Gasteiger partial charge is 0.274 e. The zero-order chi connectivity index (χ0) is 13.0. The van der Waals surface area contributed by atoms with Gasteiger partial charge in [0.25, 0.3) is 5.91 Å². The molecular formula is C12H18N4O2. The summed E-state index contributed by atoms with van der Waals surface area (Å²) in [4.78, 5) is 22.2. The van der Waals surface area contributed by atoms with Crippen molar-refractivity contribution in [2.24, 2.45) is 0 Å². The minimum atomic E-state index is -0.154. The standard InChI is InChI=1S/C12H18N4O2/c1-2-14-11-7-13-6-10(15-11)12(18)16-5-3-4-9(16)8-17/h6-7,9,17H,2-5,8H2,1H3,(H,14,15). The molecular weight excluding hydrogens is 232 g/mol. The third-order valence-electron chi connectivity index (χ3n) is 3.06. The molecule has 1 amide bonds.